The largest absolute Gasteiger partial charge is 0.339 e. The highest BCUT2D eigenvalue weighted by Crippen LogP contribution is 2.36. The average Bonchev–Trinajstić information content (AvgIpc) is 3.04. The summed E-state index contributed by atoms with van der Waals surface area (Å²) in [4.78, 5) is 33.4. The zero-order chi connectivity index (χ0) is 19.7. The number of carbonyl (C=O) groups is 2. The number of hydrogen-bond acceptors (Lipinski definition) is 4. The van der Waals surface area contributed by atoms with Crippen LogP contribution in [0.15, 0.2) is 42.6 Å². The highest BCUT2D eigenvalue weighted by Gasteiger charge is 2.28. The van der Waals surface area contributed by atoms with Crippen molar-refractivity contribution in [1.29, 1.82) is 0 Å². The molecule has 1 aliphatic rings. The molecule has 3 aromatic rings. The molecule has 2 amide bonds. The lowest BCUT2D eigenvalue weighted by Gasteiger charge is -2.34. The number of piperazine rings is 1. The SMILES string of the molecule is O=C(Cc1ccccn1)N1CCN(C(=O)c2sc3cc(F)ccc3c2Cl)CC1. The minimum Gasteiger partial charge on any atom is -0.339 e. The fourth-order valence-corrected chi connectivity index (χ4v) is 4.75. The van der Waals surface area contributed by atoms with Gasteiger partial charge in [-0.25, -0.2) is 4.39 Å². The third-order valence-corrected chi connectivity index (χ3v) is 6.41. The highest BCUT2D eigenvalue weighted by atomic mass is 35.5. The fraction of sp³-hybridized carbons (Fsp3) is 0.250. The normalized spacial score (nSPS) is 14.5. The second-order valence-electron chi connectivity index (χ2n) is 6.56. The zero-order valence-electron chi connectivity index (χ0n) is 14.9. The van der Waals surface area contributed by atoms with Crippen molar-refractivity contribution in [2.45, 2.75) is 6.42 Å². The number of benzene rings is 1. The molecule has 3 heterocycles. The van der Waals surface area contributed by atoms with Crippen LogP contribution in [0.1, 0.15) is 15.4 Å². The van der Waals surface area contributed by atoms with Crippen LogP contribution in [0.4, 0.5) is 4.39 Å². The Hall–Kier alpha value is -2.51. The maximum Gasteiger partial charge on any atom is 0.265 e. The predicted octanol–water partition coefficient (Wildman–Crippen LogP) is 3.62. The number of nitrogens with zero attached hydrogens (tertiary/aromatic N) is 3. The Morgan fingerprint density at radius 3 is 2.57 bits per heavy atom. The van der Waals surface area contributed by atoms with Gasteiger partial charge in [-0.05, 0) is 30.3 Å². The number of thiophene rings is 1. The summed E-state index contributed by atoms with van der Waals surface area (Å²) in [5, 5.41) is 1.04. The van der Waals surface area contributed by atoms with Crippen LogP contribution >= 0.6 is 22.9 Å². The molecule has 1 fully saturated rings. The Labute approximate surface area is 170 Å². The molecule has 0 aliphatic carbocycles. The third-order valence-electron chi connectivity index (χ3n) is 4.76. The van der Waals surface area contributed by atoms with E-state index in [1.807, 2.05) is 18.2 Å². The molecule has 0 spiro atoms. The van der Waals surface area contributed by atoms with E-state index in [0.29, 0.717) is 46.2 Å². The number of rotatable bonds is 3. The van der Waals surface area contributed by atoms with Crippen molar-refractivity contribution < 1.29 is 14.0 Å². The quantitative estimate of drug-likeness (QED) is 0.654. The van der Waals surface area contributed by atoms with Crippen molar-refractivity contribution in [3.8, 4) is 0 Å². The molecule has 1 saturated heterocycles. The molecule has 0 radical (unpaired) electrons. The molecule has 8 heteroatoms. The summed E-state index contributed by atoms with van der Waals surface area (Å²) in [6.45, 7) is 1.81. The van der Waals surface area contributed by atoms with E-state index in [4.69, 9.17) is 11.6 Å². The van der Waals surface area contributed by atoms with Gasteiger partial charge in [0.25, 0.3) is 5.91 Å². The van der Waals surface area contributed by atoms with Gasteiger partial charge in [-0.2, -0.15) is 0 Å². The Morgan fingerprint density at radius 2 is 1.86 bits per heavy atom. The summed E-state index contributed by atoms with van der Waals surface area (Å²) < 4.78 is 14.1. The molecule has 1 aromatic carbocycles. The Morgan fingerprint density at radius 1 is 1.11 bits per heavy atom. The maximum absolute atomic E-state index is 13.4. The molecule has 0 atom stereocenters. The van der Waals surface area contributed by atoms with Crippen molar-refractivity contribution in [2.24, 2.45) is 0 Å². The van der Waals surface area contributed by atoms with E-state index in [-0.39, 0.29) is 24.1 Å². The zero-order valence-corrected chi connectivity index (χ0v) is 16.5. The molecule has 28 heavy (non-hydrogen) atoms. The molecule has 0 saturated carbocycles. The van der Waals surface area contributed by atoms with Crippen LogP contribution in [-0.4, -0.2) is 52.8 Å². The van der Waals surface area contributed by atoms with Crippen molar-refractivity contribution in [3.63, 3.8) is 0 Å². The van der Waals surface area contributed by atoms with E-state index in [0.717, 1.165) is 5.69 Å². The van der Waals surface area contributed by atoms with Crippen molar-refractivity contribution in [2.75, 3.05) is 26.2 Å². The topological polar surface area (TPSA) is 53.5 Å². The lowest BCUT2D eigenvalue weighted by Crippen LogP contribution is -2.50. The number of amides is 2. The van der Waals surface area contributed by atoms with Gasteiger partial charge in [0.05, 0.1) is 11.4 Å². The van der Waals surface area contributed by atoms with Gasteiger partial charge in [-0.15, -0.1) is 11.3 Å². The Kier molecular flexibility index (Phi) is 5.28. The van der Waals surface area contributed by atoms with Gasteiger partial charge in [0.1, 0.15) is 10.7 Å². The first-order valence-corrected chi connectivity index (χ1v) is 10.1. The third kappa shape index (κ3) is 3.72. The summed E-state index contributed by atoms with van der Waals surface area (Å²) in [6.07, 6.45) is 1.92. The highest BCUT2D eigenvalue weighted by molar-refractivity contribution is 7.21. The lowest BCUT2D eigenvalue weighted by molar-refractivity contribution is -0.132. The first-order chi connectivity index (χ1) is 13.5. The van der Waals surface area contributed by atoms with E-state index >= 15 is 0 Å². The van der Waals surface area contributed by atoms with E-state index in [1.165, 1.54) is 23.5 Å². The summed E-state index contributed by atoms with van der Waals surface area (Å²) in [7, 11) is 0. The molecule has 0 N–H and O–H groups in total. The molecular formula is C20H17ClFN3O2S. The first kappa shape index (κ1) is 18.8. The molecule has 144 valence electrons. The number of aromatic nitrogens is 1. The minimum atomic E-state index is -0.357. The predicted molar refractivity (Wildman–Crippen MR) is 107 cm³/mol. The lowest BCUT2D eigenvalue weighted by atomic mass is 10.2. The summed E-state index contributed by atoms with van der Waals surface area (Å²) in [6, 6.07) is 9.80. The van der Waals surface area contributed by atoms with Crippen molar-refractivity contribution in [1.82, 2.24) is 14.8 Å². The number of halogens is 2. The molecule has 4 rings (SSSR count). The van der Waals surface area contributed by atoms with Gasteiger partial charge in [0.15, 0.2) is 0 Å². The van der Waals surface area contributed by atoms with E-state index in [2.05, 4.69) is 4.98 Å². The van der Waals surface area contributed by atoms with Crippen LogP contribution in [0.5, 0.6) is 0 Å². The second-order valence-corrected chi connectivity index (χ2v) is 7.99. The minimum absolute atomic E-state index is 0.00108. The number of pyridine rings is 1. The molecular weight excluding hydrogens is 401 g/mol. The van der Waals surface area contributed by atoms with Crippen LogP contribution < -0.4 is 0 Å². The van der Waals surface area contributed by atoms with Crippen LogP contribution in [0.2, 0.25) is 5.02 Å². The number of fused-ring (bicyclic) bond motifs is 1. The number of carbonyl (C=O) groups excluding carboxylic acids is 2. The van der Waals surface area contributed by atoms with Crippen molar-refractivity contribution >= 4 is 44.8 Å². The van der Waals surface area contributed by atoms with Gasteiger partial charge in [0, 0.05) is 48.2 Å². The van der Waals surface area contributed by atoms with Crippen LogP contribution in [0, 0.1) is 5.82 Å². The average molecular weight is 418 g/mol. The van der Waals surface area contributed by atoms with E-state index in [9.17, 15) is 14.0 Å². The van der Waals surface area contributed by atoms with Gasteiger partial charge in [-0.3, -0.25) is 14.6 Å². The van der Waals surface area contributed by atoms with Crippen LogP contribution in [0.3, 0.4) is 0 Å². The molecule has 0 unspecified atom stereocenters. The second kappa shape index (κ2) is 7.85. The van der Waals surface area contributed by atoms with E-state index in [1.54, 1.807) is 22.1 Å². The monoisotopic (exact) mass is 417 g/mol. The fourth-order valence-electron chi connectivity index (χ4n) is 3.25. The number of hydrogen-bond donors (Lipinski definition) is 0. The summed E-state index contributed by atoms with van der Waals surface area (Å²) in [5.41, 5.74) is 0.732. The summed E-state index contributed by atoms with van der Waals surface area (Å²) >= 11 is 7.56. The Bertz CT molecular complexity index is 1030. The van der Waals surface area contributed by atoms with Crippen LogP contribution in [0.25, 0.3) is 10.1 Å². The first-order valence-electron chi connectivity index (χ1n) is 8.87. The molecule has 0 bridgehead atoms. The van der Waals surface area contributed by atoms with Gasteiger partial charge >= 0.3 is 0 Å². The molecule has 5 nitrogen and oxygen atoms in total. The van der Waals surface area contributed by atoms with Gasteiger partial charge < -0.3 is 9.80 Å². The Balaban J connectivity index is 1.41. The standard InChI is InChI=1S/C20H17ClFN3O2S/c21-18-15-5-4-13(22)11-16(15)28-19(18)20(27)25-9-7-24(8-10-25)17(26)12-14-3-1-2-6-23-14/h1-6,11H,7-10,12H2. The molecule has 2 aromatic heterocycles. The van der Waals surface area contributed by atoms with Crippen LogP contribution in [-0.2, 0) is 11.2 Å². The van der Waals surface area contributed by atoms with E-state index < -0.39 is 0 Å². The smallest absolute Gasteiger partial charge is 0.265 e. The summed E-state index contributed by atoms with van der Waals surface area (Å²) in [5.74, 6) is -0.533. The van der Waals surface area contributed by atoms with Gasteiger partial charge in [-0.1, -0.05) is 17.7 Å². The van der Waals surface area contributed by atoms with Gasteiger partial charge in [0.2, 0.25) is 5.91 Å². The van der Waals surface area contributed by atoms with Crippen molar-refractivity contribution in [3.05, 3.63) is 64.0 Å². The molecule has 1 aliphatic heterocycles. The maximum atomic E-state index is 13.4.